The van der Waals surface area contributed by atoms with Crippen molar-refractivity contribution in [1.29, 1.82) is 0 Å². The van der Waals surface area contributed by atoms with E-state index in [0.717, 1.165) is 16.7 Å². The molecule has 3 aromatic carbocycles. The van der Waals surface area contributed by atoms with Gasteiger partial charge in [-0.2, -0.15) is 0 Å². The molecule has 0 aliphatic heterocycles. The van der Waals surface area contributed by atoms with Crippen LogP contribution in [-0.4, -0.2) is 13.3 Å². The summed E-state index contributed by atoms with van der Waals surface area (Å²) in [6, 6.07) is 19.8. The van der Waals surface area contributed by atoms with E-state index < -0.39 is 14.9 Å². The molecule has 3 rings (SSSR count). The van der Waals surface area contributed by atoms with Gasteiger partial charge in [0.05, 0.1) is 22.1 Å². The highest BCUT2D eigenvalue weighted by Gasteiger charge is 2.26. The minimum absolute atomic E-state index is 0.00758. The number of nitro groups is 1. The first-order valence-electron chi connectivity index (χ1n) is 8.67. The molecule has 0 bridgehead atoms. The fraction of sp³-hybridized carbons (Fsp3) is 0.143. The van der Waals surface area contributed by atoms with E-state index in [4.69, 9.17) is 0 Å². The van der Waals surface area contributed by atoms with Crippen molar-refractivity contribution < 1.29 is 13.3 Å². The Hall–Kier alpha value is -3.19. The Kier molecular flexibility index (Phi) is 5.46. The SMILES string of the molecule is Cc1cccc(N(Cc2ccccc2C)S(=O)(=O)c2ccc([N+](=O)[O-])cc2)c1. The number of benzene rings is 3. The van der Waals surface area contributed by atoms with Crippen LogP contribution in [0.5, 0.6) is 0 Å². The van der Waals surface area contributed by atoms with E-state index in [2.05, 4.69) is 0 Å². The summed E-state index contributed by atoms with van der Waals surface area (Å²) in [5.41, 5.74) is 3.20. The minimum atomic E-state index is -3.92. The van der Waals surface area contributed by atoms with E-state index >= 15 is 0 Å². The summed E-state index contributed by atoms with van der Waals surface area (Å²) in [4.78, 5) is 10.3. The van der Waals surface area contributed by atoms with Crippen LogP contribution in [0.2, 0.25) is 0 Å². The summed E-state index contributed by atoms with van der Waals surface area (Å²) >= 11 is 0. The Balaban J connectivity index is 2.09. The Morgan fingerprint density at radius 1 is 0.929 bits per heavy atom. The Labute approximate surface area is 164 Å². The van der Waals surface area contributed by atoms with Crippen LogP contribution < -0.4 is 4.31 Å². The van der Waals surface area contributed by atoms with Crippen molar-refractivity contribution in [1.82, 2.24) is 0 Å². The molecule has 0 fully saturated rings. The average Bonchev–Trinajstić information content (AvgIpc) is 2.67. The normalized spacial score (nSPS) is 11.2. The molecule has 0 aromatic heterocycles. The molecule has 3 aromatic rings. The summed E-state index contributed by atoms with van der Waals surface area (Å²) in [6.45, 7) is 3.99. The lowest BCUT2D eigenvalue weighted by Crippen LogP contribution is -2.31. The van der Waals surface area contributed by atoms with Gasteiger partial charge in [-0.3, -0.25) is 14.4 Å². The van der Waals surface area contributed by atoms with Crippen LogP contribution in [0.4, 0.5) is 11.4 Å². The molecule has 0 saturated carbocycles. The number of non-ortho nitro benzene ring substituents is 1. The number of rotatable bonds is 6. The smallest absolute Gasteiger partial charge is 0.262 e. The molecule has 6 nitrogen and oxygen atoms in total. The van der Waals surface area contributed by atoms with Gasteiger partial charge in [0.2, 0.25) is 0 Å². The van der Waals surface area contributed by atoms with Crippen LogP contribution in [-0.2, 0) is 16.6 Å². The van der Waals surface area contributed by atoms with Gasteiger partial charge in [-0.05, 0) is 54.8 Å². The maximum absolute atomic E-state index is 13.4. The lowest BCUT2D eigenvalue weighted by molar-refractivity contribution is -0.384. The van der Waals surface area contributed by atoms with Crippen molar-refractivity contribution in [2.24, 2.45) is 0 Å². The molecule has 0 spiro atoms. The van der Waals surface area contributed by atoms with Crippen LogP contribution >= 0.6 is 0 Å². The van der Waals surface area contributed by atoms with E-state index in [1.807, 2.05) is 44.2 Å². The first-order valence-corrected chi connectivity index (χ1v) is 10.1. The zero-order valence-corrected chi connectivity index (χ0v) is 16.4. The average molecular weight is 396 g/mol. The van der Waals surface area contributed by atoms with Gasteiger partial charge >= 0.3 is 0 Å². The van der Waals surface area contributed by atoms with Crippen molar-refractivity contribution >= 4 is 21.4 Å². The first-order chi connectivity index (χ1) is 13.3. The molecule has 0 unspecified atom stereocenters. The highest BCUT2D eigenvalue weighted by molar-refractivity contribution is 7.92. The fourth-order valence-electron chi connectivity index (χ4n) is 2.91. The van der Waals surface area contributed by atoms with Gasteiger partial charge in [0.15, 0.2) is 0 Å². The second-order valence-electron chi connectivity index (χ2n) is 6.53. The standard InChI is InChI=1S/C21H20N2O4S/c1-16-6-5-9-20(14-16)22(15-18-8-4-3-7-17(18)2)28(26,27)21-12-10-19(11-13-21)23(24)25/h3-14H,15H2,1-2H3. The zero-order valence-electron chi connectivity index (χ0n) is 15.6. The molecule has 7 heteroatoms. The summed E-state index contributed by atoms with van der Waals surface area (Å²) < 4.78 is 28.1. The molecule has 0 saturated heterocycles. The number of sulfonamides is 1. The summed E-state index contributed by atoms with van der Waals surface area (Å²) in [6.07, 6.45) is 0. The number of anilines is 1. The van der Waals surface area contributed by atoms with Crippen LogP contribution in [0.25, 0.3) is 0 Å². The highest BCUT2D eigenvalue weighted by atomic mass is 32.2. The third kappa shape index (κ3) is 4.04. The monoisotopic (exact) mass is 396 g/mol. The molecule has 0 radical (unpaired) electrons. The highest BCUT2D eigenvalue weighted by Crippen LogP contribution is 2.28. The quantitative estimate of drug-likeness (QED) is 0.450. The molecule has 0 aliphatic rings. The van der Waals surface area contributed by atoms with E-state index in [1.54, 1.807) is 18.2 Å². The molecule has 0 aliphatic carbocycles. The van der Waals surface area contributed by atoms with Gasteiger partial charge in [0, 0.05) is 12.1 Å². The Morgan fingerprint density at radius 3 is 2.21 bits per heavy atom. The maximum atomic E-state index is 13.4. The van der Waals surface area contributed by atoms with Gasteiger partial charge < -0.3 is 0 Å². The van der Waals surface area contributed by atoms with Crippen LogP contribution in [0.3, 0.4) is 0 Å². The van der Waals surface area contributed by atoms with Gasteiger partial charge in [-0.25, -0.2) is 8.42 Å². The topological polar surface area (TPSA) is 80.5 Å². The van der Waals surface area contributed by atoms with Crippen LogP contribution in [0, 0.1) is 24.0 Å². The Bertz CT molecular complexity index is 1110. The van der Waals surface area contributed by atoms with E-state index in [9.17, 15) is 18.5 Å². The lowest BCUT2D eigenvalue weighted by atomic mass is 10.1. The van der Waals surface area contributed by atoms with Gasteiger partial charge in [0.25, 0.3) is 15.7 Å². The van der Waals surface area contributed by atoms with Crippen molar-refractivity contribution in [2.45, 2.75) is 25.3 Å². The van der Waals surface area contributed by atoms with Crippen molar-refractivity contribution in [3.63, 3.8) is 0 Å². The van der Waals surface area contributed by atoms with Crippen molar-refractivity contribution in [3.05, 3.63) is 99.6 Å². The van der Waals surface area contributed by atoms with Crippen LogP contribution in [0.1, 0.15) is 16.7 Å². The Morgan fingerprint density at radius 2 is 1.61 bits per heavy atom. The third-order valence-corrected chi connectivity index (χ3v) is 6.29. The molecule has 0 amide bonds. The number of aryl methyl sites for hydroxylation is 2. The van der Waals surface area contributed by atoms with E-state index in [-0.39, 0.29) is 17.1 Å². The predicted octanol–water partition coefficient (Wildman–Crippen LogP) is 4.61. The largest absolute Gasteiger partial charge is 0.269 e. The van der Waals surface area contributed by atoms with Crippen LogP contribution in [0.15, 0.2) is 77.7 Å². The third-order valence-electron chi connectivity index (χ3n) is 4.50. The zero-order chi connectivity index (χ0) is 20.3. The summed E-state index contributed by atoms with van der Waals surface area (Å²) in [7, 11) is -3.92. The molecular weight excluding hydrogens is 376 g/mol. The molecule has 0 atom stereocenters. The fourth-order valence-corrected chi connectivity index (χ4v) is 4.34. The van der Waals surface area contributed by atoms with Crippen molar-refractivity contribution in [3.8, 4) is 0 Å². The molecule has 144 valence electrons. The van der Waals surface area contributed by atoms with Crippen molar-refractivity contribution in [2.75, 3.05) is 4.31 Å². The molecule has 0 N–H and O–H groups in total. The van der Waals surface area contributed by atoms with E-state index in [1.165, 1.54) is 28.6 Å². The molecular formula is C21H20N2O4S. The second kappa shape index (κ2) is 7.82. The second-order valence-corrected chi connectivity index (χ2v) is 8.39. The maximum Gasteiger partial charge on any atom is 0.269 e. The first kappa shape index (κ1) is 19.6. The van der Waals surface area contributed by atoms with Gasteiger partial charge in [-0.15, -0.1) is 0 Å². The summed E-state index contributed by atoms with van der Waals surface area (Å²) in [5.74, 6) is 0. The predicted molar refractivity (Wildman–Crippen MR) is 109 cm³/mol. The molecule has 0 heterocycles. The molecule has 28 heavy (non-hydrogen) atoms. The number of nitrogens with zero attached hydrogens (tertiary/aromatic N) is 2. The van der Waals surface area contributed by atoms with E-state index in [0.29, 0.717) is 5.69 Å². The summed E-state index contributed by atoms with van der Waals surface area (Å²) in [5, 5.41) is 10.9. The van der Waals surface area contributed by atoms with Gasteiger partial charge in [0.1, 0.15) is 0 Å². The number of hydrogen-bond acceptors (Lipinski definition) is 4. The number of hydrogen-bond donors (Lipinski definition) is 0. The lowest BCUT2D eigenvalue weighted by Gasteiger charge is -2.25. The number of nitro benzene ring substituents is 1. The van der Waals surface area contributed by atoms with Gasteiger partial charge in [-0.1, -0.05) is 36.4 Å². The minimum Gasteiger partial charge on any atom is -0.262 e.